The highest BCUT2D eigenvalue weighted by molar-refractivity contribution is 5.85. The standard InChI is InChI=1S/C21H23N5.ClH/c1-15-5-10-19-20(12-15)26(13-16-6-8-18(23-2)9-7-16)21(24-19)25-11-3-4-17(22)14-25;/h5-10,12,17H,3-4,11,13-14,22H2,1H3;1H/t17-;/m0./s1. The fourth-order valence-corrected chi connectivity index (χ4v) is 3.67. The summed E-state index contributed by atoms with van der Waals surface area (Å²) in [4.78, 5) is 10.7. The number of hydrogen-bond acceptors (Lipinski definition) is 3. The second kappa shape index (κ2) is 7.99. The minimum Gasteiger partial charge on any atom is -0.341 e. The van der Waals surface area contributed by atoms with Gasteiger partial charge in [0.1, 0.15) is 0 Å². The van der Waals surface area contributed by atoms with E-state index in [2.05, 4.69) is 39.4 Å². The van der Waals surface area contributed by atoms with Crippen molar-refractivity contribution in [2.45, 2.75) is 32.4 Å². The molecule has 6 heteroatoms. The van der Waals surface area contributed by atoms with Gasteiger partial charge in [0.2, 0.25) is 5.95 Å². The molecule has 1 saturated heterocycles. The number of imidazole rings is 1. The molecular weight excluding hydrogens is 358 g/mol. The van der Waals surface area contributed by atoms with E-state index in [1.165, 1.54) is 11.1 Å². The predicted molar refractivity (Wildman–Crippen MR) is 113 cm³/mol. The van der Waals surface area contributed by atoms with Crippen molar-refractivity contribution in [3.63, 3.8) is 0 Å². The fraction of sp³-hybridized carbons (Fsp3) is 0.333. The highest BCUT2D eigenvalue weighted by atomic mass is 35.5. The zero-order valence-electron chi connectivity index (χ0n) is 15.4. The van der Waals surface area contributed by atoms with Crippen molar-refractivity contribution >= 4 is 35.1 Å². The molecule has 0 aliphatic carbocycles. The van der Waals surface area contributed by atoms with Crippen LogP contribution in [0.1, 0.15) is 24.0 Å². The number of rotatable bonds is 3. The number of nitrogens with two attached hydrogens (primary N) is 1. The van der Waals surface area contributed by atoms with Crippen molar-refractivity contribution in [1.29, 1.82) is 0 Å². The Morgan fingerprint density at radius 1 is 1.22 bits per heavy atom. The molecule has 2 N–H and O–H groups in total. The van der Waals surface area contributed by atoms with E-state index in [0.29, 0.717) is 5.69 Å². The fourth-order valence-electron chi connectivity index (χ4n) is 3.67. The number of benzene rings is 2. The Hall–Kier alpha value is -2.55. The smallest absolute Gasteiger partial charge is 0.206 e. The van der Waals surface area contributed by atoms with Gasteiger partial charge in [-0.2, -0.15) is 0 Å². The van der Waals surface area contributed by atoms with Crippen LogP contribution in [0.25, 0.3) is 15.9 Å². The molecular formula is C21H24ClN5. The number of hydrogen-bond donors (Lipinski definition) is 1. The van der Waals surface area contributed by atoms with Gasteiger partial charge in [-0.1, -0.05) is 30.3 Å². The summed E-state index contributed by atoms with van der Waals surface area (Å²) in [6, 6.07) is 14.4. The molecule has 0 radical (unpaired) electrons. The zero-order chi connectivity index (χ0) is 18.1. The summed E-state index contributed by atoms with van der Waals surface area (Å²) < 4.78 is 2.28. The maximum absolute atomic E-state index is 7.12. The molecule has 1 fully saturated rings. The lowest BCUT2D eigenvalue weighted by Gasteiger charge is -2.32. The Labute approximate surface area is 166 Å². The maximum Gasteiger partial charge on any atom is 0.206 e. The number of aryl methyl sites for hydroxylation is 1. The number of nitrogens with zero attached hydrogens (tertiary/aromatic N) is 4. The van der Waals surface area contributed by atoms with Gasteiger partial charge in [0.05, 0.1) is 24.2 Å². The summed E-state index contributed by atoms with van der Waals surface area (Å²) in [6.07, 6.45) is 2.18. The van der Waals surface area contributed by atoms with Gasteiger partial charge >= 0.3 is 0 Å². The first-order chi connectivity index (χ1) is 12.6. The number of anilines is 1. The number of halogens is 1. The molecule has 0 saturated carbocycles. The van der Waals surface area contributed by atoms with E-state index in [-0.39, 0.29) is 18.4 Å². The summed E-state index contributed by atoms with van der Waals surface area (Å²) in [5, 5.41) is 0. The first kappa shape index (κ1) is 19.2. The van der Waals surface area contributed by atoms with Gasteiger partial charge in [0.25, 0.3) is 0 Å². The Bertz CT molecular complexity index is 971. The van der Waals surface area contributed by atoms with Crippen LogP contribution in [0.15, 0.2) is 42.5 Å². The number of fused-ring (bicyclic) bond motifs is 1. The Morgan fingerprint density at radius 2 is 2.00 bits per heavy atom. The SMILES string of the molecule is Cl.[C-]#[N+]c1ccc(Cn2c(N3CCC[C@H](N)C3)nc3ccc(C)cc32)cc1. The predicted octanol–water partition coefficient (Wildman–Crippen LogP) is 4.29. The molecule has 0 bridgehead atoms. The lowest BCUT2D eigenvalue weighted by atomic mass is 10.1. The molecule has 27 heavy (non-hydrogen) atoms. The molecule has 2 aromatic carbocycles. The molecule has 0 amide bonds. The van der Waals surface area contributed by atoms with E-state index in [4.69, 9.17) is 17.3 Å². The van der Waals surface area contributed by atoms with E-state index in [1.54, 1.807) is 0 Å². The number of piperidine rings is 1. The van der Waals surface area contributed by atoms with Crippen LogP contribution in [0.3, 0.4) is 0 Å². The van der Waals surface area contributed by atoms with Crippen LogP contribution >= 0.6 is 12.4 Å². The first-order valence-corrected chi connectivity index (χ1v) is 9.08. The van der Waals surface area contributed by atoms with Gasteiger partial charge in [-0.15, -0.1) is 12.4 Å². The third kappa shape index (κ3) is 3.92. The minimum atomic E-state index is 0. The Kier molecular flexibility index (Phi) is 5.69. The average Bonchev–Trinajstić information content (AvgIpc) is 3.00. The third-order valence-electron chi connectivity index (χ3n) is 5.03. The second-order valence-electron chi connectivity index (χ2n) is 7.12. The van der Waals surface area contributed by atoms with Crippen molar-refractivity contribution < 1.29 is 0 Å². The molecule has 0 spiro atoms. The van der Waals surface area contributed by atoms with Gasteiger partial charge in [-0.25, -0.2) is 9.83 Å². The van der Waals surface area contributed by atoms with Crippen molar-refractivity contribution in [2.75, 3.05) is 18.0 Å². The molecule has 1 aliphatic heterocycles. The van der Waals surface area contributed by atoms with Gasteiger partial charge < -0.3 is 15.2 Å². The van der Waals surface area contributed by atoms with Crippen LogP contribution in [0, 0.1) is 13.5 Å². The molecule has 1 atom stereocenters. The van der Waals surface area contributed by atoms with E-state index in [1.807, 2.05) is 24.3 Å². The van der Waals surface area contributed by atoms with Gasteiger partial charge in [0, 0.05) is 19.1 Å². The van der Waals surface area contributed by atoms with Crippen molar-refractivity contribution in [2.24, 2.45) is 5.73 Å². The monoisotopic (exact) mass is 381 g/mol. The highest BCUT2D eigenvalue weighted by Gasteiger charge is 2.22. The van der Waals surface area contributed by atoms with Gasteiger partial charge in [-0.3, -0.25) is 0 Å². The highest BCUT2D eigenvalue weighted by Crippen LogP contribution is 2.27. The first-order valence-electron chi connectivity index (χ1n) is 9.08. The Morgan fingerprint density at radius 3 is 2.70 bits per heavy atom. The van der Waals surface area contributed by atoms with Gasteiger partial charge in [-0.05, 0) is 43.0 Å². The molecule has 1 aliphatic rings. The normalized spacial score (nSPS) is 16.8. The third-order valence-corrected chi connectivity index (χ3v) is 5.03. The van der Waals surface area contributed by atoms with Crippen LogP contribution < -0.4 is 10.6 Å². The molecule has 2 heterocycles. The molecule has 1 aromatic heterocycles. The van der Waals surface area contributed by atoms with Crippen molar-refractivity contribution in [3.05, 3.63) is 65.0 Å². The van der Waals surface area contributed by atoms with Crippen molar-refractivity contribution in [1.82, 2.24) is 9.55 Å². The largest absolute Gasteiger partial charge is 0.341 e. The van der Waals surface area contributed by atoms with Crippen LogP contribution in [-0.4, -0.2) is 28.7 Å². The maximum atomic E-state index is 7.12. The molecule has 4 rings (SSSR count). The Balaban J connectivity index is 0.00000210. The summed E-state index contributed by atoms with van der Waals surface area (Å²) in [7, 11) is 0. The second-order valence-corrected chi connectivity index (χ2v) is 7.12. The molecule has 3 aromatic rings. The minimum absolute atomic E-state index is 0. The van der Waals surface area contributed by atoms with Crippen LogP contribution in [0.4, 0.5) is 11.6 Å². The summed E-state index contributed by atoms with van der Waals surface area (Å²) in [6.45, 7) is 11.8. The van der Waals surface area contributed by atoms with E-state index >= 15 is 0 Å². The summed E-state index contributed by atoms with van der Waals surface area (Å²) >= 11 is 0. The topological polar surface area (TPSA) is 51.4 Å². The van der Waals surface area contributed by atoms with Crippen LogP contribution in [-0.2, 0) is 6.54 Å². The van der Waals surface area contributed by atoms with Crippen LogP contribution in [0.5, 0.6) is 0 Å². The number of aromatic nitrogens is 2. The average molecular weight is 382 g/mol. The lowest BCUT2D eigenvalue weighted by molar-refractivity contribution is 0.495. The van der Waals surface area contributed by atoms with E-state index in [0.717, 1.165) is 49.5 Å². The quantitative estimate of drug-likeness (QED) is 0.688. The molecule has 5 nitrogen and oxygen atoms in total. The summed E-state index contributed by atoms with van der Waals surface area (Å²) in [5.41, 5.74) is 11.4. The molecule has 140 valence electrons. The van der Waals surface area contributed by atoms with Gasteiger partial charge in [0.15, 0.2) is 5.69 Å². The summed E-state index contributed by atoms with van der Waals surface area (Å²) in [5.74, 6) is 0.995. The van der Waals surface area contributed by atoms with Crippen LogP contribution in [0.2, 0.25) is 0 Å². The zero-order valence-corrected chi connectivity index (χ0v) is 16.2. The molecule has 0 unspecified atom stereocenters. The van der Waals surface area contributed by atoms with Crippen molar-refractivity contribution in [3.8, 4) is 0 Å². The lowest BCUT2D eigenvalue weighted by Crippen LogP contribution is -2.44. The van der Waals surface area contributed by atoms with E-state index in [9.17, 15) is 0 Å². The van der Waals surface area contributed by atoms with E-state index < -0.39 is 0 Å².